The van der Waals surface area contributed by atoms with Gasteiger partial charge in [0, 0.05) is 6.54 Å². The summed E-state index contributed by atoms with van der Waals surface area (Å²) in [6.07, 6.45) is -5.48. The standard InChI is InChI=1S/C18H16F7N3O5S/c19-16(20,17(21,22)18(23,24)25)10-33-12-2-4-13(5-3-12)34(31,32)28-11-1-6-14(27-9-11)15(30)26-7-8-29/h1-6,9,28-29H,7-8,10H2,(H,26,30). The minimum absolute atomic E-state index is 0.0169. The Hall–Kier alpha value is -3.14. The molecule has 0 saturated heterocycles. The molecule has 2 rings (SSSR count). The molecule has 1 aromatic carbocycles. The molecular formula is C18H16F7N3O5S. The predicted molar refractivity (Wildman–Crippen MR) is 102 cm³/mol. The highest BCUT2D eigenvalue weighted by Gasteiger charge is 2.73. The van der Waals surface area contributed by atoms with Crippen molar-refractivity contribution in [1.29, 1.82) is 0 Å². The van der Waals surface area contributed by atoms with Gasteiger partial charge in [-0.2, -0.15) is 30.7 Å². The number of sulfonamides is 1. The minimum Gasteiger partial charge on any atom is -0.487 e. The van der Waals surface area contributed by atoms with Gasteiger partial charge in [-0.05, 0) is 36.4 Å². The monoisotopic (exact) mass is 519 g/mol. The van der Waals surface area contributed by atoms with E-state index in [1.165, 1.54) is 12.1 Å². The summed E-state index contributed by atoms with van der Waals surface area (Å²) in [6.45, 7) is -2.62. The van der Waals surface area contributed by atoms with Crippen LogP contribution in [0.25, 0.3) is 0 Å². The molecule has 188 valence electrons. The lowest BCUT2D eigenvalue weighted by atomic mass is 10.2. The number of pyridine rings is 1. The van der Waals surface area contributed by atoms with Crippen molar-refractivity contribution >= 4 is 21.6 Å². The normalized spacial score (nSPS) is 12.8. The fourth-order valence-corrected chi connectivity index (χ4v) is 3.29. The van der Waals surface area contributed by atoms with Crippen molar-refractivity contribution in [2.24, 2.45) is 0 Å². The fraction of sp³-hybridized carbons (Fsp3) is 0.333. The molecule has 1 aromatic heterocycles. The van der Waals surface area contributed by atoms with E-state index in [2.05, 4.69) is 19.8 Å². The number of hydrogen-bond donors (Lipinski definition) is 3. The third-order valence-electron chi connectivity index (χ3n) is 4.02. The average Bonchev–Trinajstić information content (AvgIpc) is 2.75. The number of aliphatic hydroxyl groups excluding tert-OH is 1. The summed E-state index contributed by atoms with van der Waals surface area (Å²) >= 11 is 0. The molecule has 0 aliphatic rings. The zero-order valence-corrected chi connectivity index (χ0v) is 17.6. The van der Waals surface area contributed by atoms with Crippen molar-refractivity contribution in [1.82, 2.24) is 10.3 Å². The van der Waals surface area contributed by atoms with E-state index < -0.39 is 51.2 Å². The van der Waals surface area contributed by atoms with Gasteiger partial charge in [-0.1, -0.05) is 0 Å². The lowest BCUT2D eigenvalue weighted by Crippen LogP contribution is -2.54. The zero-order valence-electron chi connectivity index (χ0n) is 16.7. The van der Waals surface area contributed by atoms with Gasteiger partial charge in [0.05, 0.1) is 23.4 Å². The maximum atomic E-state index is 13.3. The van der Waals surface area contributed by atoms with Gasteiger partial charge in [0.1, 0.15) is 11.4 Å². The van der Waals surface area contributed by atoms with Crippen LogP contribution in [-0.4, -0.2) is 62.2 Å². The van der Waals surface area contributed by atoms with Gasteiger partial charge in [0.2, 0.25) is 0 Å². The summed E-state index contributed by atoms with van der Waals surface area (Å²) in [7, 11) is -4.26. The van der Waals surface area contributed by atoms with Gasteiger partial charge < -0.3 is 15.2 Å². The summed E-state index contributed by atoms with van der Waals surface area (Å²) in [4.78, 5) is 15.0. The molecule has 8 nitrogen and oxygen atoms in total. The van der Waals surface area contributed by atoms with Gasteiger partial charge in [-0.15, -0.1) is 0 Å². The quantitative estimate of drug-likeness (QED) is 0.416. The van der Waals surface area contributed by atoms with Gasteiger partial charge in [0.25, 0.3) is 15.9 Å². The first kappa shape index (κ1) is 27.1. The predicted octanol–water partition coefficient (Wildman–Crippen LogP) is 2.82. The van der Waals surface area contributed by atoms with E-state index in [-0.39, 0.29) is 24.5 Å². The number of amides is 1. The van der Waals surface area contributed by atoms with Crippen molar-refractivity contribution in [3.8, 4) is 5.75 Å². The van der Waals surface area contributed by atoms with E-state index in [9.17, 15) is 43.9 Å². The first-order valence-corrected chi connectivity index (χ1v) is 10.5. The van der Waals surface area contributed by atoms with E-state index >= 15 is 0 Å². The molecule has 0 aliphatic heterocycles. The molecule has 0 bridgehead atoms. The Kier molecular flexibility index (Phi) is 7.98. The Morgan fingerprint density at radius 3 is 2.12 bits per heavy atom. The number of nitrogens with zero attached hydrogens (tertiary/aromatic N) is 1. The first-order chi connectivity index (χ1) is 15.6. The number of hydrogen-bond acceptors (Lipinski definition) is 6. The number of rotatable bonds is 10. The third kappa shape index (κ3) is 6.25. The number of ether oxygens (including phenoxy) is 1. The van der Waals surface area contributed by atoms with E-state index in [0.717, 1.165) is 30.5 Å². The van der Waals surface area contributed by atoms with Gasteiger partial charge in [0.15, 0.2) is 6.61 Å². The Balaban J connectivity index is 2.05. The number of alkyl halides is 7. The van der Waals surface area contributed by atoms with Crippen LogP contribution in [0.3, 0.4) is 0 Å². The van der Waals surface area contributed by atoms with Crippen molar-refractivity contribution in [3.05, 3.63) is 48.3 Å². The van der Waals surface area contributed by atoms with Crippen LogP contribution in [0.2, 0.25) is 0 Å². The third-order valence-corrected chi connectivity index (χ3v) is 5.41. The van der Waals surface area contributed by atoms with E-state index in [1.54, 1.807) is 0 Å². The van der Waals surface area contributed by atoms with Crippen LogP contribution in [0.1, 0.15) is 10.5 Å². The Morgan fingerprint density at radius 1 is 1.00 bits per heavy atom. The van der Waals surface area contributed by atoms with Crippen molar-refractivity contribution in [2.45, 2.75) is 22.9 Å². The van der Waals surface area contributed by atoms with Gasteiger partial charge >= 0.3 is 18.0 Å². The Labute approximate surface area is 187 Å². The Bertz CT molecular complexity index is 1090. The highest BCUT2D eigenvalue weighted by molar-refractivity contribution is 7.92. The van der Waals surface area contributed by atoms with Crippen LogP contribution < -0.4 is 14.8 Å². The second-order valence-corrected chi connectivity index (χ2v) is 8.24. The van der Waals surface area contributed by atoms with E-state index in [1.807, 2.05) is 0 Å². The lowest BCUT2D eigenvalue weighted by Gasteiger charge is -2.27. The lowest BCUT2D eigenvalue weighted by molar-refractivity contribution is -0.358. The average molecular weight is 519 g/mol. The van der Waals surface area contributed by atoms with Crippen LogP contribution in [0.5, 0.6) is 5.75 Å². The highest BCUT2D eigenvalue weighted by atomic mass is 32.2. The molecular weight excluding hydrogens is 503 g/mol. The maximum Gasteiger partial charge on any atom is 0.460 e. The molecule has 0 spiro atoms. The summed E-state index contributed by atoms with van der Waals surface area (Å²) in [5.41, 5.74) is -0.126. The molecule has 0 aliphatic carbocycles. The van der Waals surface area contributed by atoms with Crippen LogP contribution >= 0.6 is 0 Å². The number of halogens is 7. The number of aliphatic hydroxyl groups is 1. The van der Waals surface area contributed by atoms with Crippen LogP contribution in [0, 0.1) is 0 Å². The van der Waals surface area contributed by atoms with Crippen LogP contribution in [0.4, 0.5) is 36.4 Å². The van der Waals surface area contributed by atoms with Crippen LogP contribution in [0.15, 0.2) is 47.5 Å². The number of nitrogens with one attached hydrogen (secondary N) is 2. The fourth-order valence-electron chi connectivity index (χ4n) is 2.25. The summed E-state index contributed by atoms with van der Waals surface area (Å²) < 4.78 is 120. The first-order valence-electron chi connectivity index (χ1n) is 9.04. The second-order valence-electron chi connectivity index (χ2n) is 6.55. The van der Waals surface area contributed by atoms with Crippen molar-refractivity contribution < 1.29 is 53.8 Å². The molecule has 16 heteroatoms. The highest BCUT2D eigenvalue weighted by Crippen LogP contribution is 2.46. The molecule has 0 atom stereocenters. The molecule has 34 heavy (non-hydrogen) atoms. The molecule has 1 amide bonds. The van der Waals surface area contributed by atoms with Crippen molar-refractivity contribution in [2.75, 3.05) is 24.5 Å². The molecule has 1 heterocycles. The zero-order chi connectivity index (χ0) is 25.8. The van der Waals surface area contributed by atoms with Crippen LogP contribution in [-0.2, 0) is 10.0 Å². The number of aromatic nitrogens is 1. The molecule has 2 aromatic rings. The number of carbonyl (C=O) groups excluding carboxylic acids is 1. The largest absolute Gasteiger partial charge is 0.487 e. The second kappa shape index (κ2) is 10.0. The maximum absolute atomic E-state index is 13.3. The smallest absolute Gasteiger partial charge is 0.460 e. The summed E-state index contributed by atoms with van der Waals surface area (Å²) in [6, 6.07) is 5.63. The molecule has 0 saturated carbocycles. The van der Waals surface area contributed by atoms with Gasteiger partial charge in [-0.25, -0.2) is 13.4 Å². The minimum atomic E-state index is -6.50. The summed E-state index contributed by atoms with van der Waals surface area (Å²) in [5, 5.41) is 11.0. The van der Waals surface area contributed by atoms with E-state index in [4.69, 9.17) is 5.11 Å². The van der Waals surface area contributed by atoms with Crippen molar-refractivity contribution in [3.63, 3.8) is 0 Å². The molecule has 3 N–H and O–H groups in total. The number of carbonyl (C=O) groups is 1. The van der Waals surface area contributed by atoms with Gasteiger partial charge in [-0.3, -0.25) is 9.52 Å². The Morgan fingerprint density at radius 2 is 1.62 bits per heavy atom. The number of benzene rings is 1. The SMILES string of the molecule is O=C(NCCO)c1ccc(NS(=O)(=O)c2ccc(OCC(F)(F)C(F)(F)C(F)(F)F)cc2)cn1. The molecule has 0 unspecified atom stereocenters. The van der Waals surface area contributed by atoms with E-state index in [0.29, 0.717) is 0 Å². The molecule has 0 radical (unpaired) electrons. The topological polar surface area (TPSA) is 118 Å². The summed E-state index contributed by atoms with van der Waals surface area (Å²) in [5.74, 6) is -13.1. The molecule has 0 fully saturated rings. The number of anilines is 1.